The molecule has 0 aliphatic heterocycles. The van der Waals surface area contributed by atoms with Crippen molar-refractivity contribution in [1.29, 1.82) is 5.26 Å². The maximum atomic E-state index is 12.5. The molecule has 0 radical (unpaired) electrons. The van der Waals surface area contributed by atoms with Crippen LogP contribution in [0, 0.1) is 11.3 Å². The number of hydrogen-bond acceptors (Lipinski definition) is 6. The van der Waals surface area contributed by atoms with Gasteiger partial charge in [-0.25, -0.2) is 0 Å². The monoisotopic (exact) mass is 440 g/mol. The molecule has 1 aliphatic rings. The Morgan fingerprint density at radius 1 is 1.17 bits per heavy atom. The van der Waals surface area contributed by atoms with E-state index in [1.165, 1.54) is 24.3 Å². The number of aromatic nitrogens is 2. The number of benzene rings is 1. The third kappa shape index (κ3) is 5.97. The summed E-state index contributed by atoms with van der Waals surface area (Å²) in [5, 5.41) is 19.4. The molecule has 3 rings (SSSR count). The molecule has 0 bridgehead atoms. The number of hydrogen-bond donors (Lipinski definition) is 1. The number of halogens is 4. The second-order valence-electron chi connectivity index (χ2n) is 6.62. The van der Waals surface area contributed by atoms with Gasteiger partial charge in [-0.2, -0.15) is 5.26 Å². The number of carbonyl (C=O) groups excluding carboxylic acids is 1. The van der Waals surface area contributed by atoms with E-state index in [1.807, 2.05) is 0 Å². The number of ether oxygens (including phenoxy) is 2. The lowest BCUT2D eigenvalue weighted by Gasteiger charge is -2.29. The fourth-order valence-electron chi connectivity index (χ4n) is 3.09. The van der Waals surface area contributed by atoms with Gasteiger partial charge >= 0.3 is 6.36 Å². The largest absolute Gasteiger partial charge is 0.573 e. The molecule has 158 valence electrons. The molecule has 7 nitrogen and oxygen atoms in total. The van der Waals surface area contributed by atoms with E-state index in [2.05, 4.69) is 20.3 Å². The molecule has 0 saturated heterocycles. The highest BCUT2D eigenvalue weighted by molar-refractivity contribution is 6.29. The maximum absolute atomic E-state index is 12.5. The van der Waals surface area contributed by atoms with E-state index in [-0.39, 0.29) is 40.2 Å². The van der Waals surface area contributed by atoms with Crippen molar-refractivity contribution >= 4 is 17.5 Å². The van der Waals surface area contributed by atoms with Crippen LogP contribution < -0.4 is 14.8 Å². The van der Waals surface area contributed by atoms with E-state index in [4.69, 9.17) is 21.6 Å². The Hall–Kier alpha value is -3.06. The van der Waals surface area contributed by atoms with Crippen molar-refractivity contribution in [3.8, 4) is 17.6 Å². The van der Waals surface area contributed by atoms with Crippen LogP contribution in [0.4, 0.5) is 13.2 Å². The van der Waals surface area contributed by atoms with Gasteiger partial charge in [0, 0.05) is 12.1 Å². The lowest BCUT2D eigenvalue weighted by Crippen LogP contribution is -2.40. The zero-order valence-electron chi connectivity index (χ0n) is 15.4. The fraction of sp³-hybridized carbons (Fsp3) is 0.368. The quantitative estimate of drug-likeness (QED) is 0.754. The van der Waals surface area contributed by atoms with Gasteiger partial charge in [-0.1, -0.05) is 11.6 Å². The smallest absolute Gasteiger partial charge is 0.490 e. The Morgan fingerprint density at radius 2 is 1.90 bits per heavy atom. The van der Waals surface area contributed by atoms with Crippen LogP contribution in [-0.4, -0.2) is 34.6 Å². The van der Waals surface area contributed by atoms with E-state index < -0.39 is 12.1 Å². The number of amides is 1. The molecule has 1 heterocycles. The minimum Gasteiger partial charge on any atom is -0.490 e. The summed E-state index contributed by atoms with van der Waals surface area (Å²) in [6.07, 6.45) is -2.71. The molecule has 1 aliphatic carbocycles. The molecule has 0 spiro atoms. The van der Waals surface area contributed by atoms with Gasteiger partial charge < -0.3 is 14.8 Å². The van der Waals surface area contributed by atoms with E-state index >= 15 is 0 Å². The van der Waals surface area contributed by atoms with Crippen molar-refractivity contribution in [2.24, 2.45) is 0 Å². The molecular formula is C19H16ClF3N4O3. The Bertz CT molecular complexity index is 940. The predicted octanol–water partition coefficient (Wildman–Crippen LogP) is 4.02. The van der Waals surface area contributed by atoms with Gasteiger partial charge in [-0.05, 0) is 49.9 Å². The van der Waals surface area contributed by atoms with Crippen LogP contribution in [0.25, 0.3) is 0 Å². The summed E-state index contributed by atoms with van der Waals surface area (Å²) in [4.78, 5) is 12.2. The standard InChI is InChI=1S/C19H16ClF3N4O3/c20-17-8-7-15(26-27-17)18(28)25-12-2-5-13(6-3-12)29-14-4-1-11(10-24)16(9-14)30-19(21,22)23/h1,4,7-9,12-13H,2-3,5-6H2,(H,25,28). The summed E-state index contributed by atoms with van der Waals surface area (Å²) >= 11 is 5.65. The summed E-state index contributed by atoms with van der Waals surface area (Å²) in [5.41, 5.74) is -0.0797. The van der Waals surface area contributed by atoms with Gasteiger partial charge in [0.2, 0.25) is 0 Å². The van der Waals surface area contributed by atoms with Crippen LogP contribution in [0.5, 0.6) is 11.5 Å². The molecule has 11 heteroatoms. The zero-order chi connectivity index (χ0) is 21.7. The molecule has 1 fully saturated rings. The number of nitriles is 1. The summed E-state index contributed by atoms with van der Waals surface area (Å²) in [6.45, 7) is 0. The Balaban J connectivity index is 1.54. The van der Waals surface area contributed by atoms with Crippen molar-refractivity contribution in [3.05, 3.63) is 46.7 Å². The first-order chi connectivity index (χ1) is 14.2. The Kier molecular flexibility index (Phi) is 6.62. The molecule has 0 unspecified atom stereocenters. The molecule has 1 N–H and O–H groups in total. The van der Waals surface area contributed by atoms with Gasteiger partial charge in [0.25, 0.3) is 5.91 Å². The van der Waals surface area contributed by atoms with Crippen LogP contribution >= 0.6 is 11.6 Å². The molecule has 1 aromatic heterocycles. The van der Waals surface area contributed by atoms with Crippen LogP contribution in [0.1, 0.15) is 41.7 Å². The van der Waals surface area contributed by atoms with Gasteiger partial charge in [-0.15, -0.1) is 23.4 Å². The fourth-order valence-corrected chi connectivity index (χ4v) is 3.19. The number of carbonyl (C=O) groups is 1. The first kappa shape index (κ1) is 21.6. The predicted molar refractivity (Wildman–Crippen MR) is 99.0 cm³/mol. The summed E-state index contributed by atoms with van der Waals surface area (Å²) in [7, 11) is 0. The molecule has 1 aromatic carbocycles. The zero-order valence-corrected chi connectivity index (χ0v) is 16.2. The molecule has 2 aromatic rings. The van der Waals surface area contributed by atoms with Crippen LogP contribution in [0.3, 0.4) is 0 Å². The summed E-state index contributed by atoms with van der Waals surface area (Å²) < 4.78 is 47.2. The van der Waals surface area contributed by atoms with E-state index in [9.17, 15) is 18.0 Å². The lowest BCUT2D eigenvalue weighted by atomic mass is 9.92. The summed E-state index contributed by atoms with van der Waals surface area (Å²) in [6, 6.07) is 8.22. The van der Waals surface area contributed by atoms with Crippen LogP contribution in [0.2, 0.25) is 5.15 Å². The van der Waals surface area contributed by atoms with Crippen LogP contribution in [0.15, 0.2) is 30.3 Å². The third-order valence-corrected chi connectivity index (χ3v) is 4.68. The number of alkyl halides is 3. The average Bonchev–Trinajstić information content (AvgIpc) is 2.69. The maximum Gasteiger partial charge on any atom is 0.573 e. The minimum absolute atomic E-state index is 0.0834. The number of nitrogens with one attached hydrogen (secondary N) is 1. The highest BCUT2D eigenvalue weighted by atomic mass is 35.5. The van der Waals surface area contributed by atoms with Gasteiger partial charge in [0.1, 0.15) is 11.8 Å². The van der Waals surface area contributed by atoms with Crippen molar-refractivity contribution in [3.63, 3.8) is 0 Å². The van der Waals surface area contributed by atoms with Crippen molar-refractivity contribution in [1.82, 2.24) is 15.5 Å². The van der Waals surface area contributed by atoms with Crippen molar-refractivity contribution in [2.45, 2.75) is 44.2 Å². The first-order valence-corrected chi connectivity index (χ1v) is 9.38. The average molecular weight is 441 g/mol. The highest BCUT2D eigenvalue weighted by Crippen LogP contribution is 2.31. The molecule has 1 saturated carbocycles. The van der Waals surface area contributed by atoms with Gasteiger partial charge in [-0.3, -0.25) is 4.79 Å². The van der Waals surface area contributed by atoms with E-state index in [1.54, 1.807) is 6.07 Å². The highest BCUT2D eigenvalue weighted by Gasteiger charge is 2.32. The lowest BCUT2D eigenvalue weighted by molar-refractivity contribution is -0.274. The normalized spacial score (nSPS) is 18.9. The van der Waals surface area contributed by atoms with Crippen molar-refractivity contribution in [2.75, 3.05) is 0 Å². The Labute approximate surface area is 174 Å². The first-order valence-electron chi connectivity index (χ1n) is 9.00. The SMILES string of the molecule is N#Cc1ccc(OC2CCC(NC(=O)c3ccc(Cl)nn3)CC2)cc1OC(F)(F)F. The van der Waals surface area contributed by atoms with Gasteiger partial charge in [0.15, 0.2) is 16.6 Å². The molecule has 1 amide bonds. The number of rotatable bonds is 5. The molecular weight excluding hydrogens is 425 g/mol. The molecule has 30 heavy (non-hydrogen) atoms. The third-order valence-electron chi connectivity index (χ3n) is 4.48. The van der Waals surface area contributed by atoms with E-state index in [0.29, 0.717) is 25.7 Å². The van der Waals surface area contributed by atoms with Crippen LogP contribution in [-0.2, 0) is 0 Å². The minimum atomic E-state index is -4.91. The second kappa shape index (κ2) is 9.17. The van der Waals surface area contributed by atoms with Crippen molar-refractivity contribution < 1.29 is 27.4 Å². The topological polar surface area (TPSA) is 97.1 Å². The second-order valence-corrected chi connectivity index (χ2v) is 7.01. The number of nitrogens with zero attached hydrogens (tertiary/aromatic N) is 3. The van der Waals surface area contributed by atoms with E-state index in [0.717, 1.165) is 6.07 Å². The Morgan fingerprint density at radius 3 is 2.50 bits per heavy atom. The summed E-state index contributed by atoms with van der Waals surface area (Å²) in [5.74, 6) is -0.783. The van der Waals surface area contributed by atoms with Gasteiger partial charge in [0.05, 0.1) is 11.7 Å². The molecule has 0 atom stereocenters.